The Balaban J connectivity index is 1.60. The molecule has 0 saturated carbocycles. The van der Waals surface area contributed by atoms with Crippen molar-refractivity contribution in [1.29, 1.82) is 0 Å². The highest BCUT2D eigenvalue weighted by molar-refractivity contribution is 5.16. The third kappa shape index (κ3) is 3.15. The van der Waals surface area contributed by atoms with Gasteiger partial charge in [-0.25, -0.2) is 4.39 Å². The van der Waals surface area contributed by atoms with Crippen LogP contribution in [0.2, 0.25) is 0 Å². The number of benzene rings is 1. The molecule has 2 aliphatic heterocycles. The summed E-state index contributed by atoms with van der Waals surface area (Å²) in [4.78, 5) is 0. The minimum Gasteiger partial charge on any atom is -0.390 e. The molecule has 0 spiro atoms. The van der Waals surface area contributed by atoms with Crippen LogP contribution in [-0.2, 0) is 6.42 Å². The maximum atomic E-state index is 12.9. The van der Waals surface area contributed by atoms with Gasteiger partial charge in [-0.15, -0.1) is 0 Å². The molecule has 2 saturated heterocycles. The van der Waals surface area contributed by atoms with E-state index in [4.69, 9.17) is 0 Å². The highest BCUT2D eigenvalue weighted by Gasteiger charge is 2.39. The summed E-state index contributed by atoms with van der Waals surface area (Å²) in [6.07, 6.45) is 7.01. The van der Waals surface area contributed by atoms with Gasteiger partial charge in [-0.05, 0) is 56.2 Å². The molecule has 1 aromatic carbocycles. The van der Waals surface area contributed by atoms with E-state index >= 15 is 0 Å². The van der Waals surface area contributed by atoms with Crippen molar-refractivity contribution >= 4 is 0 Å². The van der Waals surface area contributed by atoms with Gasteiger partial charge in [-0.1, -0.05) is 18.6 Å². The highest BCUT2D eigenvalue weighted by Crippen LogP contribution is 2.35. The van der Waals surface area contributed by atoms with Gasteiger partial charge in [0.25, 0.3) is 0 Å². The van der Waals surface area contributed by atoms with Crippen LogP contribution in [0.25, 0.3) is 0 Å². The molecule has 2 atom stereocenters. The summed E-state index contributed by atoms with van der Waals surface area (Å²) in [7, 11) is 0. The molecule has 0 radical (unpaired) electrons. The topological polar surface area (TPSA) is 32.3 Å². The van der Waals surface area contributed by atoms with Gasteiger partial charge in [0.1, 0.15) is 5.82 Å². The lowest BCUT2D eigenvalue weighted by Gasteiger charge is -2.45. The van der Waals surface area contributed by atoms with E-state index < -0.39 is 5.60 Å². The number of hydrogen-bond donors (Lipinski definition) is 2. The first-order valence-corrected chi connectivity index (χ1v) is 7.36. The molecule has 2 bridgehead atoms. The minimum absolute atomic E-state index is 0.195. The largest absolute Gasteiger partial charge is 0.390 e. The summed E-state index contributed by atoms with van der Waals surface area (Å²) >= 11 is 0. The summed E-state index contributed by atoms with van der Waals surface area (Å²) in [6.45, 7) is 0. The lowest BCUT2D eigenvalue weighted by Crippen LogP contribution is -2.55. The van der Waals surface area contributed by atoms with Gasteiger partial charge in [0.05, 0.1) is 5.60 Å². The van der Waals surface area contributed by atoms with Crippen LogP contribution in [0.5, 0.6) is 0 Å². The second kappa shape index (κ2) is 5.22. The van der Waals surface area contributed by atoms with Crippen LogP contribution in [0.4, 0.5) is 4.39 Å². The fraction of sp³-hybridized carbons (Fsp3) is 0.625. The highest BCUT2D eigenvalue weighted by atomic mass is 19.1. The third-order valence-corrected chi connectivity index (χ3v) is 4.62. The molecule has 104 valence electrons. The normalized spacial score (nSPS) is 34.2. The summed E-state index contributed by atoms with van der Waals surface area (Å²) in [5.41, 5.74) is 0.577. The average Bonchev–Trinajstić information content (AvgIpc) is 2.37. The van der Waals surface area contributed by atoms with E-state index in [-0.39, 0.29) is 5.82 Å². The maximum Gasteiger partial charge on any atom is 0.123 e. The van der Waals surface area contributed by atoms with E-state index in [1.807, 2.05) is 12.1 Å². The Morgan fingerprint density at radius 3 is 2.42 bits per heavy atom. The van der Waals surface area contributed by atoms with Crippen molar-refractivity contribution in [3.8, 4) is 0 Å². The molecule has 3 rings (SSSR count). The Hall–Kier alpha value is -0.930. The predicted octanol–water partition coefficient (Wildman–Crippen LogP) is 2.79. The quantitative estimate of drug-likeness (QED) is 0.879. The molecule has 3 heteroatoms. The zero-order chi connectivity index (χ0) is 13.3. The Morgan fingerprint density at radius 2 is 1.79 bits per heavy atom. The van der Waals surface area contributed by atoms with Crippen LogP contribution >= 0.6 is 0 Å². The molecule has 0 aliphatic carbocycles. The predicted molar refractivity (Wildman–Crippen MR) is 73.5 cm³/mol. The lowest BCUT2D eigenvalue weighted by atomic mass is 9.75. The Kier molecular flexibility index (Phi) is 3.59. The average molecular weight is 263 g/mol. The molecule has 2 heterocycles. The third-order valence-electron chi connectivity index (χ3n) is 4.62. The molecule has 2 N–H and O–H groups in total. The van der Waals surface area contributed by atoms with Crippen molar-refractivity contribution in [3.05, 3.63) is 35.6 Å². The second-order valence-corrected chi connectivity index (χ2v) is 6.25. The molecular weight excluding hydrogens is 241 g/mol. The van der Waals surface area contributed by atoms with Crippen LogP contribution in [0.1, 0.15) is 44.1 Å². The van der Waals surface area contributed by atoms with Crippen molar-refractivity contribution in [1.82, 2.24) is 5.32 Å². The number of piperidine rings is 2. The standard InChI is InChI=1S/C16H22FNO/c17-13-6-4-12(5-7-13)8-9-16(19)10-14-2-1-3-15(11-16)18-14/h4-7,14-15,18-19H,1-3,8-11H2. The van der Waals surface area contributed by atoms with Crippen molar-refractivity contribution in [3.63, 3.8) is 0 Å². The molecule has 2 nitrogen and oxygen atoms in total. The summed E-state index contributed by atoms with van der Waals surface area (Å²) in [5.74, 6) is -0.195. The summed E-state index contributed by atoms with van der Waals surface area (Å²) in [6, 6.07) is 7.62. The molecule has 2 aliphatic rings. The van der Waals surface area contributed by atoms with Crippen LogP contribution in [0.3, 0.4) is 0 Å². The zero-order valence-electron chi connectivity index (χ0n) is 11.2. The lowest BCUT2D eigenvalue weighted by molar-refractivity contribution is -0.0368. The monoisotopic (exact) mass is 263 g/mol. The van der Waals surface area contributed by atoms with Crippen LogP contribution < -0.4 is 5.32 Å². The van der Waals surface area contributed by atoms with Crippen LogP contribution in [-0.4, -0.2) is 22.8 Å². The van der Waals surface area contributed by atoms with E-state index in [2.05, 4.69) is 5.32 Å². The molecule has 0 aromatic heterocycles. The van der Waals surface area contributed by atoms with Crippen LogP contribution in [0, 0.1) is 5.82 Å². The fourth-order valence-corrected chi connectivity index (χ4v) is 3.67. The van der Waals surface area contributed by atoms with E-state index in [1.165, 1.54) is 31.4 Å². The van der Waals surface area contributed by atoms with E-state index in [9.17, 15) is 9.50 Å². The Bertz CT molecular complexity index is 419. The number of fused-ring (bicyclic) bond motifs is 2. The van der Waals surface area contributed by atoms with Crippen molar-refractivity contribution < 1.29 is 9.50 Å². The number of nitrogens with one attached hydrogen (secondary N) is 1. The number of rotatable bonds is 3. The van der Waals surface area contributed by atoms with Gasteiger partial charge >= 0.3 is 0 Å². The molecule has 0 amide bonds. The first-order valence-electron chi connectivity index (χ1n) is 7.36. The van der Waals surface area contributed by atoms with Gasteiger partial charge in [-0.3, -0.25) is 0 Å². The molecule has 2 unspecified atom stereocenters. The smallest absolute Gasteiger partial charge is 0.123 e. The number of aliphatic hydroxyl groups is 1. The second-order valence-electron chi connectivity index (χ2n) is 6.25. The van der Waals surface area contributed by atoms with Crippen molar-refractivity contribution in [2.75, 3.05) is 0 Å². The fourth-order valence-electron chi connectivity index (χ4n) is 3.67. The van der Waals surface area contributed by atoms with E-state index in [0.29, 0.717) is 12.1 Å². The van der Waals surface area contributed by atoms with Gasteiger partial charge < -0.3 is 10.4 Å². The van der Waals surface area contributed by atoms with Crippen molar-refractivity contribution in [2.24, 2.45) is 0 Å². The Morgan fingerprint density at radius 1 is 1.16 bits per heavy atom. The minimum atomic E-state index is -0.532. The zero-order valence-corrected chi connectivity index (χ0v) is 11.2. The van der Waals surface area contributed by atoms with Gasteiger partial charge in [0.2, 0.25) is 0 Å². The summed E-state index contributed by atoms with van der Waals surface area (Å²) < 4.78 is 12.9. The maximum absolute atomic E-state index is 12.9. The Labute approximate surface area is 114 Å². The first-order chi connectivity index (χ1) is 9.13. The SMILES string of the molecule is OC1(CCc2ccc(F)cc2)CC2CCCC(C1)N2. The van der Waals surface area contributed by atoms with Gasteiger partial charge in [-0.2, -0.15) is 0 Å². The van der Waals surface area contributed by atoms with Gasteiger partial charge in [0, 0.05) is 12.1 Å². The molecule has 19 heavy (non-hydrogen) atoms. The number of hydrogen-bond acceptors (Lipinski definition) is 2. The molecule has 1 aromatic rings. The van der Waals surface area contributed by atoms with E-state index in [1.54, 1.807) is 0 Å². The van der Waals surface area contributed by atoms with Gasteiger partial charge in [0.15, 0.2) is 0 Å². The molecule has 2 fully saturated rings. The molecular formula is C16H22FNO. The first kappa shape index (κ1) is 13.1. The summed E-state index contributed by atoms with van der Waals surface area (Å²) in [5, 5.41) is 14.4. The number of halogens is 1. The van der Waals surface area contributed by atoms with Crippen molar-refractivity contribution in [2.45, 2.75) is 62.6 Å². The van der Waals surface area contributed by atoms with E-state index in [0.717, 1.165) is 31.2 Å². The number of aryl methyl sites for hydroxylation is 1. The van der Waals surface area contributed by atoms with Crippen LogP contribution in [0.15, 0.2) is 24.3 Å².